The maximum absolute atomic E-state index is 12.4. The Balaban J connectivity index is 2.47. The highest BCUT2D eigenvalue weighted by atomic mass is 127. The van der Waals surface area contributed by atoms with Gasteiger partial charge in [-0.1, -0.05) is 12.1 Å². The molecule has 0 atom stereocenters. The smallest absolute Gasteiger partial charge is 0.337 e. The van der Waals surface area contributed by atoms with Crippen molar-refractivity contribution in [2.75, 3.05) is 4.72 Å². The third-order valence-electron chi connectivity index (χ3n) is 2.70. The van der Waals surface area contributed by atoms with Gasteiger partial charge in [-0.05, 0) is 69.4 Å². The summed E-state index contributed by atoms with van der Waals surface area (Å²) in [6.45, 7) is 0. The summed E-state index contributed by atoms with van der Waals surface area (Å²) < 4.78 is 27.8. The van der Waals surface area contributed by atoms with Gasteiger partial charge in [0.15, 0.2) is 0 Å². The number of para-hydroxylation sites is 1. The van der Waals surface area contributed by atoms with Crippen molar-refractivity contribution in [1.29, 1.82) is 0 Å². The van der Waals surface area contributed by atoms with Crippen molar-refractivity contribution in [3.8, 4) is 5.75 Å². The first kappa shape index (κ1) is 17.3. The molecule has 0 bridgehead atoms. The minimum atomic E-state index is -3.97. The Hall–Kier alpha value is -1.08. The van der Waals surface area contributed by atoms with Gasteiger partial charge in [0.05, 0.1) is 23.3 Å². The molecule has 0 saturated heterocycles. The molecule has 0 heterocycles. The number of phenolic OH excluding ortho intramolecular Hbond substituents is 1. The van der Waals surface area contributed by atoms with Crippen LogP contribution in [0.3, 0.4) is 0 Å². The molecule has 0 aliphatic heterocycles. The fourth-order valence-corrected chi connectivity index (χ4v) is 4.98. The summed E-state index contributed by atoms with van der Waals surface area (Å²) in [6.07, 6.45) is 0. The Morgan fingerprint density at radius 3 is 2.18 bits per heavy atom. The SMILES string of the molecule is O=C(O)c1ccccc1NS(=O)(=O)c1cc(I)c(O)c(I)c1. The summed E-state index contributed by atoms with van der Waals surface area (Å²) in [5.74, 6) is -1.22. The van der Waals surface area contributed by atoms with Gasteiger partial charge in [-0.25, -0.2) is 13.2 Å². The van der Waals surface area contributed by atoms with Crippen LogP contribution in [-0.4, -0.2) is 24.6 Å². The van der Waals surface area contributed by atoms with Gasteiger partial charge in [-0.3, -0.25) is 4.72 Å². The van der Waals surface area contributed by atoms with Crippen molar-refractivity contribution in [1.82, 2.24) is 0 Å². The average molecular weight is 545 g/mol. The molecule has 2 aromatic carbocycles. The number of sulfonamides is 1. The second-order valence-electron chi connectivity index (χ2n) is 4.19. The van der Waals surface area contributed by atoms with E-state index in [4.69, 9.17) is 5.11 Å². The zero-order valence-electron chi connectivity index (χ0n) is 10.7. The fourth-order valence-electron chi connectivity index (χ4n) is 1.66. The molecule has 0 fully saturated rings. The fraction of sp³-hybridized carbons (Fsp3) is 0. The second-order valence-corrected chi connectivity index (χ2v) is 8.20. The van der Waals surface area contributed by atoms with Crippen LogP contribution in [0.1, 0.15) is 10.4 Å². The number of nitrogens with one attached hydrogen (secondary N) is 1. The van der Waals surface area contributed by atoms with Crippen LogP contribution >= 0.6 is 45.2 Å². The van der Waals surface area contributed by atoms with Gasteiger partial charge in [0.1, 0.15) is 5.75 Å². The Morgan fingerprint density at radius 2 is 1.64 bits per heavy atom. The third kappa shape index (κ3) is 3.63. The monoisotopic (exact) mass is 545 g/mol. The normalized spacial score (nSPS) is 11.2. The molecule has 6 nitrogen and oxygen atoms in total. The molecule has 0 saturated carbocycles. The number of aromatic carboxylic acids is 1. The lowest BCUT2D eigenvalue weighted by molar-refractivity contribution is 0.0698. The van der Waals surface area contributed by atoms with E-state index < -0.39 is 16.0 Å². The highest BCUT2D eigenvalue weighted by molar-refractivity contribution is 14.1. The molecule has 0 unspecified atom stereocenters. The summed E-state index contributed by atoms with van der Waals surface area (Å²) in [5, 5.41) is 18.8. The Bertz CT molecular complexity index is 828. The van der Waals surface area contributed by atoms with E-state index in [9.17, 15) is 18.3 Å². The predicted molar refractivity (Wildman–Crippen MR) is 97.8 cm³/mol. The average Bonchev–Trinajstić information content (AvgIpc) is 2.44. The molecule has 0 spiro atoms. The van der Waals surface area contributed by atoms with Crippen molar-refractivity contribution >= 4 is 66.9 Å². The maximum atomic E-state index is 12.4. The van der Waals surface area contributed by atoms with E-state index in [-0.39, 0.29) is 21.9 Å². The minimum absolute atomic E-state index is 0.00564. The largest absolute Gasteiger partial charge is 0.506 e. The Labute approximate surface area is 153 Å². The molecule has 9 heteroatoms. The molecule has 2 rings (SSSR count). The number of benzene rings is 2. The van der Waals surface area contributed by atoms with Crippen molar-refractivity contribution in [3.05, 3.63) is 49.1 Å². The highest BCUT2D eigenvalue weighted by Crippen LogP contribution is 2.30. The van der Waals surface area contributed by atoms with E-state index >= 15 is 0 Å². The van der Waals surface area contributed by atoms with Crippen molar-refractivity contribution in [2.24, 2.45) is 0 Å². The van der Waals surface area contributed by atoms with E-state index in [1.54, 1.807) is 0 Å². The zero-order valence-corrected chi connectivity index (χ0v) is 15.9. The first-order valence-electron chi connectivity index (χ1n) is 5.75. The number of hydrogen-bond acceptors (Lipinski definition) is 4. The number of carboxylic acid groups (broad SMARTS) is 1. The number of rotatable bonds is 4. The molecule has 0 radical (unpaired) electrons. The van der Waals surface area contributed by atoms with E-state index in [1.165, 1.54) is 36.4 Å². The number of halogens is 2. The number of carboxylic acids is 1. The molecule has 0 aromatic heterocycles. The van der Waals surface area contributed by atoms with Gasteiger partial charge in [0.2, 0.25) is 0 Å². The lowest BCUT2D eigenvalue weighted by atomic mass is 10.2. The van der Waals surface area contributed by atoms with Crippen LogP contribution in [0.5, 0.6) is 5.75 Å². The van der Waals surface area contributed by atoms with E-state index in [0.29, 0.717) is 7.14 Å². The van der Waals surface area contributed by atoms with Gasteiger partial charge in [-0.15, -0.1) is 0 Å². The second kappa shape index (κ2) is 6.58. The molecule has 0 aliphatic rings. The van der Waals surface area contributed by atoms with E-state index in [0.717, 1.165) is 0 Å². The molecular weight excluding hydrogens is 536 g/mol. The molecule has 0 aliphatic carbocycles. The third-order valence-corrected chi connectivity index (χ3v) is 5.69. The summed E-state index contributed by atoms with van der Waals surface area (Å²) in [5.41, 5.74) is -0.165. The molecule has 2 aromatic rings. The van der Waals surface area contributed by atoms with Crippen LogP contribution in [0, 0.1) is 7.14 Å². The summed E-state index contributed by atoms with van der Waals surface area (Å²) >= 11 is 3.65. The first-order valence-corrected chi connectivity index (χ1v) is 9.39. The molecule has 0 amide bonds. The number of aromatic hydroxyl groups is 1. The summed E-state index contributed by atoms with van der Waals surface area (Å²) in [7, 11) is -3.97. The topological polar surface area (TPSA) is 104 Å². The number of carbonyl (C=O) groups is 1. The lowest BCUT2D eigenvalue weighted by Gasteiger charge is -2.11. The van der Waals surface area contributed by atoms with Gasteiger partial charge < -0.3 is 10.2 Å². The summed E-state index contributed by atoms with van der Waals surface area (Å²) in [4.78, 5) is 11.1. The quantitative estimate of drug-likeness (QED) is 0.513. The predicted octanol–water partition coefficient (Wildman–Crippen LogP) is 3.10. The van der Waals surface area contributed by atoms with Crippen LogP contribution < -0.4 is 4.72 Å². The van der Waals surface area contributed by atoms with Gasteiger partial charge in [-0.2, -0.15) is 0 Å². The highest BCUT2D eigenvalue weighted by Gasteiger charge is 2.20. The van der Waals surface area contributed by atoms with Crippen molar-refractivity contribution < 1.29 is 23.4 Å². The molecular formula is C13H9I2NO5S. The number of hydrogen-bond donors (Lipinski definition) is 3. The summed E-state index contributed by atoms with van der Waals surface area (Å²) in [6, 6.07) is 8.34. The van der Waals surface area contributed by atoms with Crippen LogP contribution in [0.2, 0.25) is 0 Å². The van der Waals surface area contributed by atoms with Gasteiger partial charge in [0, 0.05) is 0 Å². The maximum Gasteiger partial charge on any atom is 0.337 e. The lowest BCUT2D eigenvalue weighted by Crippen LogP contribution is -2.16. The van der Waals surface area contributed by atoms with Crippen molar-refractivity contribution in [3.63, 3.8) is 0 Å². The standard InChI is InChI=1S/C13H9I2NO5S/c14-9-5-7(6-10(15)12(9)17)22(20,21)16-11-4-2-1-3-8(11)13(18)19/h1-6,16-17H,(H,18,19). The van der Waals surface area contributed by atoms with Gasteiger partial charge in [0.25, 0.3) is 10.0 Å². The minimum Gasteiger partial charge on any atom is -0.506 e. The number of anilines is 1. The van der Waals surface area contributed by atoms with Crippen molar-refractivity contribution in [2.45, 2.75) is 4.90 Å². The molecule has 116 valence electrons. The van der Waals surface area contributed by atoms with Crippen LogP contribution in [-0.2, 0) is 10.0 Å². The zero-order chi connectivity index (χ0) is 16.5. The van der Waals surface area contributed by atoms with Crippen LogP contribution in [0.4, 0.5) is 5.69 Å². The number of phenols is 1. The first-order chi connectivity index (χ1) is 10.2. The molecule has 3 N–H and O–H groups in total. The van der Waals surface area contributed by atoms with E-state index in [1.807, 2.05) is 45.2 Å². The molecule has 22 heavy (non-hydrogen) atoms. The van der Waals surface area contributed by atoms with E-state index in [2.05, 4.69) is 4.72 Å². The van der Waals surface area contributed by atoms with Crippen LogP contribution in [0.25, 0.3) is 0 Å². The van der Waals surface area contributed by atoms with Crippen LogP contribution in [0.15, 0.2) is 41.3 Å². The Kier molecular flexibility index (Phi) is 5.17. The Morgan fingerprint density at radius 1 is 1.09 bits per heavy atom. The van der Waals surface area contributed by atoms with Gasteiger partial charge >= 0.3 is 5.97 Å².